The molecule has 0 saturated carbocycles. The molecule has 2 amide bonds. The molecule has 0 aromatic heterocycles. The van der Waals surface area contributed by atoms with Gasteiger partial charge in [-0.2, -0.15) is 0 Å². The standard InChI is InChI=1S/C23H28N2O3/c1-27-20-8-6-18(7-9-20)11-15-24-22(26)25-16-13-23(14-17-25)12-10-19-4-2-3-5-21(19)28-23/h2-9H,10-17H2,1H3,(H,24,26). The second-order valence-corrected chi connectivity index (χ2v) is 7.71. The second kappa shape index (κ2) is 8.13. The number of methoxy groups -OCH3 is 1. The summed E-state index contributed by atoms with van der Waals surface area (Å²) in [6, 6.07) is 16.3. The number of hydrogen-bond acceptors (Lipinski definition) is 3. The van der Waals surface area contributed by atoms with E-state index < -0.39 is 0 Å². The number of carbonyl (C=O) groups is 1. The lowest BCUT2D eigenvalue weighted by Gasteiger charge is -2.44. The van der Waals surface area contributed by atoms with E-state index in [0.717, 1.165) is 56.7 Å². The number of ether oxygens (including phenoxy) is 2. The Bertz CT molecular complexity index is 811. The van der Waals surface area contributed by atoms with Gasteiger partial charge in [-0.05, 0) is 48.6 Å². The molecule has 2 aromatic carbocycles. The fourth-order valence-electron chi connectivity index (χ4n) is 4.14. The third kappa shape index (κ3) is 4.08. The molecule has 4 rings (SSSR count). The first-order chi connectivity index (χ1) is 13.7. The van der Waals surface area contributed by atoms with Crippen molar-refractivity contribution in [1.29, 1.82) is 0 Å². The highest BCUT2D eigenvalue weighted by Crippen LogP contribution is 2.39. The van der Waals surface area contributed by atoms with Crippen LogP contribution in [0.25, 0.3) is 0 Å². The first-order valence-corrected chi connectivity index (χ1v) is 10.1. The van der Waals surface area contributed by atoms with Crippen molar-refractivity contribution in [2.24, 2.45) is 0 Å². The van der Waals surface area contributed by atoms with E-state index >= 15 is 0 Å². The predicted molar refractivity (Wildman–Crippen MR) is 109 cm³/mol. The molecule has 1 fully saturated rings. The molecule has 0 aliphatic carbocycles. The molecular weight excluding hydrogens is 352 g/mol. The maximum absolute atomic E-state index is 12.5. The average Bonchev–Trinajstić information content (AvgIpc) is 2.74. The summed E-state index contributed by atoms with van der Waals surface area (Å²) in [5, 5.41) is 3.05. The lowest BCUT2D eigenvalue weighted by Crippen LogP contribution is -2.53. The summed E-state index contributed by atoms with van der Waals surface area (Å²) in [5.41, 5.74) is 2.38. The van der Waals surface area contributed by atoms with E-state index in [-0.39, 0.29) is 11.6 Å². The Labute approximate surface area is 166 Å². The minimum absolute atomic E-state index is 0.0274. The van der Waals surface area contributed by atoms with Crippen molar-refractivity contribution >= 4 is 6.03 Å². The molecule has 1 N–H and O–H groups in total. The Kier molecular flexibility index (Phi) is 5.42. The van der Waals surface area contributed by atoms with Gasteiger partial charge in [-0.15, -0.1) is 0 Å². The van der Waals surface area contributed by atoms with Crippen LogP contribution in [0.5, 0.6) is 11.5 Å². The Morgan fingerprint density at radius 3 is 2.61 bits per heavy atom. The lowest BCUT2D eigenvalue weighted by molar-refractivity contribution is -0.00547. The number of amides is 2. The van der Waals surface area contributed by atoms with Crippen molar-refractivity contribution < 1.29 is 14.3 Å². The van der Waals surface area contributed by atoms with Gasteiger partial charge in [0, 0.05) is 32.5 Å². The van der Waals surface area contributed by atoms with E-state index in [9.17, 15) is 4.79 Å². The molecule has 0 atom stereocenters. The molecule has 0 radical (unpaired) electrons. The number of nitrogens with zero attached hydrogens (tertiary/aromatic N) is 1. The largest absolute Gasteiger partial charge is 0.497 e. The molecule has 5 heteroatoms. The van der Waals surface area contributed by atoms with Gasteiger partial charge >= 0.3 is 6.03 Å². The summed E-state index contributed by atoms with van der Waals surface area (Å²) >= 11 is 0. The average molecular weight is 380 g/mol. The Hall–Kier alpha value is -2.69. The van der Waals surface area contributed by atoms with Crippen molar-refractivity contribution in [3.63, 3.8) is 0 Å². The van der Waals surface area contributed by atoms with Crippen LogP contribution >= 0.6 is 0 Å². The van der Waals surface area contributed by atoms with Crippen LogP contribution < -0.4 is 14.8 Å². The van der Waals surface area contributed by atoms with Gasteiger partial charge in [0.1, 0.15) is 17.1 Å². The summed E-state index contributed by atoms with van der Waals surface area (Å²) in [4.78, 5) is 14.4. The molecule has 2 heterocycles. The normalized spacial score (nSPS) is 17.5. The van der Waals surface area contributed by atoms with Gasteiger partial charge in [-0.3, -0.25) is 0 Å². The Morgan fingerprint density at radius 2 is 1.86 bits per heavy atom. The lowest BCUT2D eigenvalue weighted by atomic mass is 9.83. The van der Waals surface area contributed by atoms with Crippen molar-refractivity contribution in [3.8, 4) is 11.5 Å². The van der Waals surface area contributed by atoms with E-state index in [1.165, 1.54) is 11.1 Å². The van der Waals surface area contributed by atoms with E-state index in [4.69, 9.17) is 9.47 Å². The molecule has 148 valence electrons. The van der Waals surface area contributed by atoms with E-state index in [1.807, 2.05) is 35.2 Å². The van der Waals surface area contributed by atoms with Crippen LogP contribution in [0, 0.1) is 0 Å². The quantitative estimate of drug-likeness (QED) is 0.878. The van der Waals surface area contributed by atoms with Gasteiger partial charge in [-0.25, -0.2) is 4.79 Å². The van der Waals surface area contributed by atoms with Crippen molar-refractivity contribution in [2.45, 2.75) is 37.7 Å². The van der Waals surface area contributed by atoms with Crippen molar-refractivity contribution in [2.75, 3.05) is 26.7 Å². The van der Waals surface area contributed by atoms with Crippen LogP contribution in [-0.4, -0.2) is 43.3 Å². The summed E-state index contributed by atoms with van der Waals surface area (Å²) in [6.07, 6.45) is 4.70. The number of urea groups is 1. The number of fused-ring (bicyclic) bond motifs is 1. The van der Waals surface area contributed by atoms with Crippen LogP contribution in [0.2, 0.25) is 0 Å². The molecule has 5 nitrogen and oxygen atoms in total. The smallest absolute Gasteiger partial charge is 0.317 e. The number of hydrogen-bond donors (Lipinski definition) is 1. The number of piperidine rings is 1. The third-order valence-electron chi connectivity index (χ3n) is 5.96. The highest BCUT2D eigenvalue weighted by Gasteiger charge is 2.40. The van der Waals surface area contributed by atoms with Gasteiger partial charge in [0.15, 0.2) is 0 Å². The van der Waals surface area contributed by atoms with Crippen molar-refractivity contribution in [1.82, 2.24) is 10.2 Å². The van der Waals surface area contributed by atoms with Crippen molar-refractivity contribution in [3.05, 3.63) is 59.7 Å². The minimum atomic E-state index is -0.103. The number of para-hydroxylation sites is 1. The van der Waals surface area contributed by atoms with E-state index in [2.05, 4.69) is 23.5 Å². The topological polar surface area (TPSA) is 50.8 Å². The second-order valence-electron chi connectivity index (χ2n) is 7.71. The van der Waals surface area contributed by atoms with Gasteiger partial charge in [0.2, 0.25) is 0 Å². The zero-order valence-corrected chi connectivity index (χ0v) is 16.4. The molecule has 1 spiro atoms. The summed E-state index contributed by atoms with van der Waals surface area (Å²) in [7, 11) is 1.66. The predicted octanol–water partition coefficient (Wildman–Crippen LogP) is 3.81. The molecule has 2 aromatic rings. The molecular formula is C23H28N2O3. The minimum Gasteiger partial charge on any atom is -0.497 e. The molecule has 0 bridgehead atoms. The number of carbonyl (C=O) groups excluding carboxylic acids is 1. The summed E-state index contributed by atoms with van der Waals surface area (Å²) in [6.45, 7) is 2.13. The van der Waals surface area contributed by atoms with Crippen LogP contribution in [0.1, 0.15) is 30.4 Å². The maximum Gasteiger partial charge on any atom is 0.317 e. The number of nitrogens with one attached hydrogen (secondary N) is 1. The van der Waals surface area contributed by atoms with Gasteiger partial charge in [0.05, 0.1) is 7.11 Å². The molecule has 28 heavy (non-hydrogen) atoms. The van der Waals surface area contributed by atoms with Gasteiger partial charge in [-0.1, -0.05) is 30.3 Å². The number of rotatable bonds is 4. The summed E-state index contributed by atoms with van der Waals surface area (Å²) in [5.74, 6) is 1.87. The SMILES string of the molecule is COc1ccc(CCNC(=O)N2CCC3(CCc4ccccc4O3)CC2)cc1. The van der Waals surface area contributed by atoms with E-state index in [1.54, 1.807) is 7.11 Å². The maximum atomic E-state index is 12.5. The summed E-state index contributed by atoms with van der Waals surface area (Å²) < 4.78 is 11.5. The van der Waals surface area contributed by atoms with Crippen LogP contribution in [0.3, 0.4) is 0 Å². The Balaban J connectivity index is 1.24. The number of aryl methyl sites for hydroxylation is 1. The molecule has 1 saturated heterocycles. The number of likely N-dealkylation sites (tertiary alicyclic amines) is 1. The molecule has 0 unspecified atom stereocenters. The monoisotopic (exact) mass is 380 g/mol. The first kappa shape index (κ1) is 18.7. The van der Waals surface area contributed by atoms with Gasteiger partial charge in [0.25, 0.3) is 0 Å². The zero-order chi connectivity index (χ0) is 19.4. The van der Waals surface area contributed by atoms with Gasteiger partial charge < -0.3 is 19.7 Å². The highest BCUT2D eigenvalue weighted by molar-refractivity contribution is 5.74. The third-order valence-corrected chi connectivity index (χ3v) is 5.96. The first-order valence-electron chi connectivity index (χ1n) is 10.1. The molecule has 2 aliphatic heterocycles. The van der Waals surface area contributed by atoms with E-state index in [0.29, 0.717) is 6.54 Å². The molecule has 2 aliphatic rings. The fourth-order valence-corrected chi connectivity index (χ4v) is 4.14. The highest BCUT2D eigenvalue weighted by atomic mass is 16.5. The fraction of sp³-hybridized carbons (Fsp3) is 0.435. The Morgan fingerprint density at radius 1 is 1.11 bits per heavy atom. The van der Waals surface area contributed by atoms with Crippen LogP contribution in [0.4, 0.5) is 4.79 Å². The zero-order valence-electron chi connectivity index (χ0n) is 16.4. The van der Waals surface area contributed by atoms with Crippen LogP contribution in [0.15, 0.2) is 48.5 Å². The van der Waals surface area contributed by atoms with Crippen LogP contribution in [-0.2, 0) is 12.8 Å². The number of benzene rings is 2.